The Bertz CT molecular complexity index is 1220. The minimum absolute atomic E-state index is 0.0206. The Morgan fingerprint density at radius 3 is 2.75 bits per heavy atom. The molecule has 1 saturated carbocycles. The molecule has 0 unspecified atom stereocenters. The number of amides is 1. The highest BCUT2D eigenvalue weighted by molar-refractivity contribution is 5.86. The maximum absolute atomic E-state index is 13.4. The summed E-state index contributed by atoms with van der Waals surface area (Å²) in [5, 5.41) is 6.47. The fourth-order valence-corrected chi connectivity index (χ4v) is 5.61. The van der Waals surface area contributed by atoms with Crippen LogP contribution in [-0.4, -0.2) is 42.7 Å². The molecule has 3 aromatic rings. The van der Waals surface area contributed by atoms with Gasteiger partial charge in [0, 0.05) is 37.7 Å². The summed E-state index contributed by atoms with van der Waals surface area (Å²) in [4.78, 5) is 41.4. The summed E-state index contributed by atoms with van der Waals surface area (Å²) in [5.41, 5.74) is 3.03. The zero-order valence-corrected chi connectivity index (χ0v) is 18.8. The van der Waals surface area contributed by atoms with Gasteiger partial charge >= 0.3 is 0 Å². The predicted molar refractivity (Wildman–Crippen MR) is 121 cm³/mol. The standard InChI is InChI=1S/C23H29N7O2/c1-13-16(14(2)27-20-19(13)22(32)28-29(20)3)12-26-21(31)18-11-15-7-4-5-8-17(15)30(18)23-24-9-6-10-25-23/h6,9-10,15,17-18H,4-5,7-8,11-12H2,1-3H3,(H,26,31)(H,28,32)/t15-,17+,18+/m1/s1. The third kappa shape index (κ3) is 3.36. The van der Waals surface area contributed by atoms with Crippen LogP contribution >= 0.6 is 0 Å². The van der Waals surface area contributed by atoms with Crippen LogP contribution in [0.3, 0.4) is 0 Å². The summed E-state index contributed by atoms with van der Waals surface area (Å²) >= 11 is 0. The number of aryl methyl sites for hydroxylation is 3. The van der Waals surface area contributed by atoms with Gasteiger partial charge in [-0.3, -0.25) is 19.4 Å². The van der Waals surface area contributed by atoms with Crippen molar-refractivity contribution in [3.05, 3.63) is 45.6 Å². The van der Waals surface area contributed by atoms with E-state index in [0.29, 0.717) is 35.5 Å². The highest BCUT2D eigenvalue weighted by Gasteiger charge is 2.46. The van der Waals surface area contributed by atoms with E-state index in [1.54, 1.807) is 30.2 Å². The van der Waals surface area contributed by atoms with Gasteiger partial charge in [-0.15, -0.1) is 0 Å². The number of pyridine rings is 1. The topological polar surface area (TPSA) is 109 Å². The molecule has 9 heteroatoms. The largest absolute Gasteiger partial charge is 0.350 e. The molecule has 2 aliphatic rings. The summed E-state index contributed by atoms with van der Waals surface area (Å²) in [5.74, 6) is 1.11. The lowest BCUT2D eigenvalue weighted by molar-refractivity contribution is -0.122. The minimum Gasteiger partial charge on any atom is -0.350 e. The smallest absolute Gasteiger partial charge is 0.273 e. The molecule has 9 nitrogen and oxygen atoms in total. The lowest BCUT2D eigenvalue weighted by Crippen LogP contribution is -2.47. The van der Waals surface area contributed by atoms with Gasteiger partial charge in [0.1, 0.15) is 6.04 Å². The Hall–Kier alpha value is -3.23. The SMILES string of the molecule is Cc1nc2c(c(C)c1CNC(=O)[C@@H]1C[C@H]3CCCC[C@@H]3N1c1ncccn1)c(=O)[nH]n2C. The van der Waals surface area contributed by atoms with Crippen molar-refractivity contribution in [3.8, 4) is 0 Å². The number of aromatic nitrogens is 5. The highest BCUT2D eigenvalue weighted by atomic mass is 16.2. The van der Waals surface area contributed by atoms with Gasteiger partial charge in [0.25, 0.3) is 5.56 Å². The lowest BCUT2D eigenvalue weighted by atomic mass is 9.85. The second-order valence-electron chi connectivity index (χ2n) is 9.04. The van der Waals surface area contributed by atoms with Crippen LogP contribution in [0, 0.1) is 19.8 Å². The van der Waals surface area contributed by atoms with Gasteiger partial charge in [0.2, 0.25) is 11.9 Å². The Balaban J connectivity index is 1.41. The molecule has 0 radical (unpaired) electrons. The number of carbonyl (C=O) groups excluding carboxylic acids is 1. The first-order chi connectivity index (χ1) is 15.5. The molecule has 3 atom stereocenters. The van der Waals surface area contributed by atoms with E-state index in [0.717, 1.165) is 36.1 Å². The zero-order chi connectivity index (χ0) is 22.4. The van der Waals surface area contributed by atoms with Crippen LogP contribution in [0.4, 0.5) is 5.95 Å². The number of H-pyrrole nitrogens is 1. The second kappa shape index (κ2) is 8.03. The fourth-order valence-electron chi connectivity index (χ4n) is 5.61. The van der Waals surface area contributed by atoms with E-state index < -0.39 is 0 Å². The first kappa shape index (κ1) is 20.7. The van der Waals surface area contributed by atoms with E-state index in [-0.39, 0.29) is 17.5 Å². The van der Waals surface area contributed by atoms with Crippen LogP contribution in [0.1, 0.15) is 48.9 Å². The number of carbonyl (C=O) groups is 1. The first-order valence-corrected chi connectivity index (χ1v) is 11.3. The van der Waals surface area contributed by atoms with E-state index in [2.05, 4.69) is 30.3 Å². The van der Waals surface area contributed by atoms with E-state index >= 15 is 0 Å². The van der Waals surface area contributed by atoms with E-state index in [9.17, 15) is 9.59 Å². The molecule has 2 N–H and O–H groups in total. The molecule has 1 saturated heterocycles. The van der Waals surface area contributed by atoms with E-state index in [1.165, 1.54) is 12.8 Å². The molecule has 32 heavy (non-hydrogen) atoms. The monoisotopic (exact) mass is 435 g/mol. The van der Waals surface area contributed by atoms with Crippen LogP contribution in [0.25, 0.3) is 11.0 Å². The lowest BCUT2D eigenvalue weighted by Gasteiger charge is -2.33. The van der Waals surface area contributed by atoms with Crippen molar-refractivity contribution >= 4 is 22.9 Å². The third-order valence-electron chi connectivity index (χ3n) is 7.19. The molecular formula is C23H29N7O2. The number of fused-ring (bicyclic) bond motifs is 2. The van der Waals surface area contributed by atoms with Crippen LogP contribution in [0.5, 0.6) is 0 Å². The molecular weight excluding hydrogens is 406 g/mol. The molecule has 2 fully saturated rings. The zero-order valence-electron chi connectivity index (χ0n) is 18.8. The quantitative estimate of drug-likeness (QED) is 0.650. The van der Waals surface area contributed by atoms with E-state index in [1.807, 2.05) is 13.8 Å². The van der Waals surface area contributed by atoms with Crippen LogP contribution < -0.4 is 15.8 Å². The maximum atomic E-state index is 13.4. The Morgan fingerprint density at radius 2 is 1.97 bits per heavy atom. The average Bonchev–Trinajstić information content (AvgIpc) is 3.31. The summed E-state index contributed by atoms with van der Waals surface area (Å²) in [6.45, 7) is 4.17. The van der Waals surface area contributed by atoms with Crippen molar-refractivity contribution in [3.63, 3.8) is 0 Å². The number of nitrogens with one attached hydrogen (secondary N) is 2. The van der Waals surface area contributed by atoms with Crippen LogP contribution in [-0.2, 0) is 18.4 Å². The average molecular weight is 436 g/mol. The molecule has 1 amide bonds. The van der Waals surface area contributed by atoms with Gasteiger partial charge < -0.3 is 10.2 Å². The maximum Gasteiger partial charge on any atom is 0.273 e. The molecule has 0 bridgehead atoms. The van der Waals surface area contributed by atoms with Gasteiger partial charge in [-0.25, -0.2) is 15.0 Å². The van der Waals surface area contributed by atoms with Crippen molar-refractivity contribution in [1.29, 1.82) is 0 Å². The molecule has 0 spiro atoms. The molecule has 1 aliphatic carbocycles. The van der Waals surface area contributed by atoms with Crippen molar-refractivity contribution in [1.82, 2.24) is 30.0 Å². The molecule has 3 aromatic heterocycles. The van der Waals surface area contributed by atoms with Crippen molar-refractivity contribution in [2.75, 3.05) is 4.90 Å². The number of nitrogens with zero attached hydrogens (tertiary/aromatic N) is 5. The molecule has 168 valence electrons. The van der Waals surface area contributed by atoms with Crippen molar-refractivity contribution in [2.24, 2.45) is 13.0 Å². The number of rotatable bonds is 4. The van der Waals surface area contributed by atoms with Crippen molar-refractivity contribution < 1.29 is 4.79 Å². The number of aromatic amines is 1. The number of hydrogen-bond donors (Lipinski definition) is 2. The Labute approximate surface area is 186 Å². The second-order valence-corrected chi connectivity index (χ2v) is 9.04. The van der Waals surface area contributed by atoms with Gasteiger partial charge in [-0.2, -0.15) is 0 Å². The van der Waals surface area contributed by atoms with Crippen LogP contribution in [0.2, 0.25) is 0 Å². The molecule has 4 heterocycles. The normalized spacial score (nSPS) is 22.8. The first-order valence-electron chi connectivity index (χ1n) is 11.3. The molecule has 1 aliphatic heterocycles. The van der Waals surface area contributed by atoms with Gasteiger partial charge in [-0.1, -0.05) is 12.8 Å². The summed E-state index contributed by atoms with van der Waals surface area (Å²) < 4.78 is 1.64. The fraction of sp³-hybridized carbons (Fsp3) is 0.522. The summed E-state index contributed by atoms with van der Waals surface area (Å²) in [6, 6.07) is 1.82. The Morgan fingerprint density at radius 1 is 1.22 bits per heavy atom. The minimum atomic E-state index is -0.289. The van der Waals surface area contributed by atoms with Crippen LogP contribution in [0.15, 0.2) is 23.3 Å². The Kier molecular flexibility index (Phi) is 5.19. The van der Waals surface area contributed by atoms with E-state index in [4.69, 9.17) is 0 Å². The third-order valence-corrected chi connectivity index (χ3v) is 7.19. The summed E-state index contributed by atoms with van der Waals surface area (Å²) in [6.07, 6.45) is 8.90. The molecule has 5 rings (SSSR count). The number of anilines is 1. The number of hydrogen-bond acceptors (Lipinski definition) is 6. The predicted octanol–water partition coefficient (Wildman–Crippen LogP) is 2.12. The van der Waals surface area contributed by atoms with Gasteiger partial charge in [0.15, 0.2) is 5.65 Å². The molecule has 0 aromatic carbocycles. The van der Waals surface area contributed by atoms with Crippen molar-refractivity contribution in [2.45, 2.75) is 64.6 Å². The summed E-state index contributed by atoms with van der Waals surface area (Å²) in [7, 11) is 1.77. The van der Waals surface area contributed by atoms with Gasteiger partial charge in [0.05, 0.1) is 5.39 Å². The highest BCUT2D eigenvalue weighted by Crippen LogP contribution is 2.41. The van der Waals surface area contributed by atoms with Gasteiger partial charge in [-0.05, 0) is 56.2 Å².